The molecule has 3 rings (SSSR count). The van der Waals surface area contributed by atoms with Gasteiger partial charge in [0, 0.05) is 61.2 Å². The molecule has 0 bridgehead atoms. The van der Waals surface area contributed by atoms with Gasteiger partial charge in [0.25, 0.3) is 11.6 Å². The Hall–Kier alpha value is -3.42. The molecule has 2 aromatic carbocycles. The molecule has 0 atom stereocenters. The van der Waals surface area contributed by atoms with Gasteiger partial charge >= 0.3 is 0 Å². The van der Waals surface area contributed by atoms with Crippen LogP contribution in [-0.2, 0) is 4.79 Å². The number of amides is 2. The Morgan fingerprint density at radius 3 is 2.33 bits per heavy atom. The lowest BCUT2D eigenvalue weighted by Gasteiger charge is -2.36. The Bertz CT molecular complexity index is 935. The number of hydrogen-bond acceptors (Lipinski definition) is 5. The predicted molar refractivity (Wildman–Crippen MR) is 116 cm³/mol. The third-order valence-corrected chi connectivity index (χ3v) is 5.25. The summed E-state index contributed by atoms with van der Waals surface area (Å²) in [6, 6.07) is 11.9. The minimum absolute atomic E-state index is 0.0745. The maximum absolute atomic E-state index is 12.5. The Morgan fingerprint density at radius 1 is 1.07 bits per heavy atom. The number of nitro benzene ring substituents is 1. The molecule has 0 spiro atoms. The van der Waals surface area contributed by atoms with Crippen LogP contribution in [0, 0.1) is 17.0 Å². The lowest BCUT2D eigenvalue weighted by molar-refractivity contribution is -0.385. The van der Waals surface area contributed by atoms with Crippen molar-refractivity contribution in [3.8, 4) is 0 Å². The van der Waals surface area contributed by atoms with Crippen LogP contribution >= 0.6 is 0 Å². The molecular formula is C22H26N4O4. The van der Waals surface area contributed by atoms with Crippen molar-refractivity contribution in [2.24, 2.45) is 0 Å². The molecule has 1 aliphatic rings. The number of nitro groups is 1. The van der Waals surface area contributed by atoms with Gasteiger partial charge in [0.2, 0.25) is 5.91 Å². The molecular weight excluding hydrogens is 384 g/mol. The molecule has 158 valence electrons. The molecule has 8 heteroatoms. The number of piperazine rings is 1. The zero-order valence-electron chi connectivity index (χ0n) is 17.3. The van der Waals surface area contributed by atoms with Crippen LogP contribution in [0.5, 0.6) is 0 Å². The maximum Gasteiger partial charge on any atom is 0.273 e. The average molecular weight is 410 g/mol. The predicted octanol–water partition coefficient (Wildman–Crippen LogP) is 3.60. The van der Waals surface area contributed by atoms with Crippen LogP contribution in [0.25, 0.3) is 0 Å². The van der Waals surface area contributed by atoms with Gasteiger partial charge in [-0.25, -0.2) is 0 Å². The monoisotopic (exact) mass is 410 g/mol. The second kappa shape index (κ2) is 9.39. The minimum Gasteiger partial charge on any atom is -0.368 e. The Kier molecular flexibility index (Phi) is 6.66. The highest BCUT2D eigenvalue weighted by atomic mass is 16.6. The largest absolute Gasteiger partial charge is 0.368 e. The summed E-state index contributed by atoms with van der Waals surface area (Å²) >= 11 is 0. The quantitative estimate of drug-likeness (QED) is 0.580. The molecule has 0 aliphatic carbocycles. The first-order valence-electron chi connectivity index (χ1n) is 10.1. The summed E-state index contributed by atoms with van der Waals surface area (Å²) in [7, 11) is 0. The van der Waals surface area contributed by atoms with E-state index < -0.39 is 10.8 Å². The third-order valence-electron chi connectivity index (χ3n) is 5.25. The molecule has 0 unspecified atom stereocenters. The average Bonchev–Trinajstić information content (AvgIpc) is 2.74. The van der Waals surface area contributed by atoms with Gasteiger partial charge in [-0.1, -0.05) is 13.0 Å². The second-order valence-corrected chi connectivity index (χ2v) is 7.38. The van der Waals surface area contributed by atoms with E-state index in [4.69, 9.17) is 0 Å². The molecule has 30 heavy (non-hydrogen) atoms. The summed E-state index contributed by atoms with van der Waals surface area (Å²) in [4.78, 5) is 39.2. The summed E-state index contributed by atoms with van der Waals surface area (Å²) in [6.45, 7) is 6.61. The van der Waals surface area contributed by atoms with Gasteiger partial charge in [-0.05, 0) is 43.7 Å². The van der Waals surface area contributed by atoms with E-state index in [2.05, 4.69) is 10.2 Å². The molecule has 1 heterocycles. The summed E-state index contributed by atoms with van der Waals surface area (Å²) in [5.41, 5.74) is 2.32. The molecule has 1 saturated heterocycles. The maximum atomic E-state index is 12.5. The molecule has 1 aliphatic heterocycles. The zero-order valence-corrected chi connectivity index (χ0v) is 17.3. The molecule has 2 amide bonds. The third kappa shape index (κ3) is 4.94. The van der Waals surface area contributed by atoms with Crippen molar-refractivity contribution in [1.29, 1.82) is 0 Å². The molecule has 2 aromatic rings. The lowest BCUT2D eigenvalue weighted by atomic mass is 10.1. The molecule has 8 nitrogen and oxygen atoms in total. The van der Waals surface area contributed by atoms with E-state index in [0.29, 0.717) is 30.8 Å². The van der Waals surface area contributed by atoms with Crippen LogP contribution in [0.4, 0.5) is 17.1 Å². The van der Waals surface area contributed by atoms with Crippen LogP contribution < -0.4 is 10.2 Å². The Balaban J connectivity index is 1.60. The van der Waals surface area contributed by atoms with Crippen molar-refractivity contribution in [2.45, 2.75) is 26.7 Å². The van der Waals surface area contributed by atoms with Crippen LogP contribution in [0.15, 0.2) is 42.5 Å². The van der Waals surface area contributed by atoms with Crippen LogP contribution in [-0.4, -0.2) is 47.8 Å². The highest BCUT2D eigenvalue weighted by Crippen LogP contribution is 2.22. The van der Waals surface area contributed by atoms with E-state index in [1.807, 2.05) is 36.1 Å². The standard InChI is InChI=1S/C22H26N4O4/c1-3-4-21(27)25-13-11-24(12-14-25)19-9-7-18(8-10-19)23-22(28)17-6-5-16(2)20(15-17)26(29)30/h5-10,15H,3-4,11-14H2,1-2H3,(H,23,28). The number of carbonyl (C=O) groups excluding carboxylic acids is 2. The topological polar surface area (TPSA) is 95.8 Å². The van der Waals surface area contributed by atoms with Gasteiger partial charge in [-0.2, -0.15) is 0 Å². The Morgan fingerprint density at radius 2 is 1.73 bits per heavy atom. The lowest BCUT2D eigenvalue weighted by Crippen LogP contribution is -2.48. The Labute approximate surface area is 175 Å². The fraction of sp³-hybridized carbons (Fsp3) is 0.364. The van der Waals surface area contributed by atoms with Crippen LogP contribution in [0.1, 0.15) is 35.7 Å². The first-order chi connectivity index (χ1) is 14.4. The molecule has 0 aromatic heterocycles. The summed E-state index contributed by atoms with van der Waals surface area (Å²) in [6.07, 6.45) is 1.46. The van der Waals surface area contributed by atoms with E-state index in [1.165, 1.54) is 6.07 Å². The molecule has 0 saturated carbocycles. The van der Waals surface area contributed by atoms with Crippen molar-refractivity contribution >= 4 is 28.9 Å². The van der Waals surface area contributed by atoms with Gasteiger partial charge < -0.3 is 15.1 Å². The number of benzene rings is 2. The number of carbonyl (C=O) groups is 2. The molecule has 1 fully saturated rings. The number of rotatable bonds is 6. The summed E-state index contributed by atoms with van der Waals surface area (Å²) in [5.74, 6) is -0.180. The molecule has 1 N–H and O–H groups in total. The van der Waals surface area contributed by atoms with Crippen LogP contribution in [0.3, 0.4) is 0 Å². The van der Waals surface area contributed by atoms with E-state index in [9.17, 15) is 19.7 Å². The first-order valence-corrected chi connectivity index (χ1v) is 10.1. The van der Waals surface area contributed by atoms with Crippen molar-refractivity contribution in [3.63, 3.8) is 0 Å². The van der Waals surface area contributed by atoms with Crippen molar-refractivity contribution in [3.05, 3.63) is 63.7 Å². The second-order valence-electron chi connectivity index (χ2n) is 7.38. The smallest absolute Gasteiger partial charge is 0.273 e. The van der Waals surface area contributed by atoms with E-state index in [-0.39, 0.29) is 17.2 Å². The van der Waals surface area contributed by atoms with Gasteiger partial charge in [0.05, 0.1) is 4.92 Å². The fourth-order valence-corrected chi connectivity index (χ4v) is 3.49. The van der Waals surface area contributed by atoms with E-state index in [0.717, 1.165) is 25.2 Å². The number of nitrogens with one attached hydrogen (secondary N) is 1. The number of anilines is 2. The highest BCUT2D eigenvalue weighted by Gasteiger charge is 2.21. The number of aryl methyl sites for hydroxylation is 1. The van der Waals surface area contributed by atoms with Gasteiger partial charge in [-0.15, -0.1) is 0 Å². The number of nitrogens with zero attached hydrogens (tertiary/aromatic N) is 3. The van der Waals surface area contributed by atoms with Gasteiger partial charge in [0.1, 0.15) is 0 Å². The fourth-order valence-electron chi connectivity index (χ4n) is 3.49. The summed E-state index contributed by atoms with van der Waals surface area (Å²) in [5, 5.41) is 13.9. The first kappa shape index (κ1) is 21.3. The van der Waals surface area contributed by atoms with E-state index >= 15 is 0 Å². The van der Waals surface area contributed by atoms with Crippen molar-refractivity contribution in [1.82, 2.24) is 4.90 Å². The molecule has 0 radical (unpaired) electrons. The zero-order chi connectivity index (χ0) is 21.7. The van der Waals surface area contributed by atoms with Gasteiger partial charge in [-0.3, -0.25) is 19.7 Å². The highest BCUT2D eigenvalue weighted by molar-refractivity contribution is 6.04. The number of hydrogen-bond donors (Lipinski definition) is 1. The van der Waals surface area contributed by atoms with Gasteiger partial charge in [0.15, 0.2) is 0 Å². The van der Waals surface area contributed by atoms with E-state index in [1.54, 1.807) is 19.1 Å². The van der Waals surface area contributed by atoms with Crippen LogP contribution in [0.2, 0.25) is 0 Å². The summed E-state index contributed by atoms with van der Waals surface area (Å²) < 4.78 is 0. The normalized spacial score (nSPS) is 13.8. The minimum atomic E-state index is -0.490. The van der Waals surface area contributed by atoms with Crippen molar-refractivity contribution in [2.75, 3.05) is 36.4 Å². The van der Waals surface area contributed by atoms with Crippen molar-refractivity contribution < 1.29 is 14.5 Å². The SMILES string of the molecule is CCCC(=O)N1CCN(c2ccc(NC(=O)c3ccc(C)c([N+](=O)[O-])c3)cc2)CC1.